The minimum atomic E-state index is -0.936. The third kappa shape index (κ3) is 3.54. The van der Waals surface area contributed by atoms with Crippen molar-refractivity contribution >= 4 is 10.8 Å². The van der Waals surface area contributed by atoms with Crippen molar-refractivity contribution in [2.24, 2.45) is 0 Å². The molecule has 0 aliphatic carbocycles. The van der Waals surface area contributed by atoms with Crippen molar-refractivity contribution in [2.75, 3.05) is 6.26 Å². The second-order valence-electron chi connectivity index (χ2n) is 4.87. The summed E-state index contributed by atoms with van der Waals surface area (Å²) in [6, 6.07) is 8.04. The van der Waals surface area contributed by atoms with Crippen molar-refractivity contribution in [1.82, 2.24) is 14.8 Å². The SMILES string of the molecule is CCc1ncn(CC(CC)c2cccc(S(C)=O)c2)n1. The molecule has 0 fully saturated rings. The third-order valence-corrected chi connectivity index (χ3v) is 4.38. The van der Waals surface area contributed by atoms with Gasteiger partial charge in [0.25, 0.3) is 0 Å². The van der Waals surface area contributed by atoms with Crippen molar-refractivity contribution in [2.45, 2.75) is 44.0 Å². The summed E-state index contributed by atoms with van der Waals surface area (Å²) in [7, 11) is -0.936. The first-order valence-electron chi connectivity index (χ1n) is 6.95. The fraction of sp³-hybridized carbons (Fsp3) is 0.467. The zero-order valence-electron chi connectivity index (χ0n) is 12.2. The van der Waals surface area contributed by atoms with E-state index in [0.29, 0.717) is 5.92 Å². The molecule has 4 nitrogen and oxygen atoms in total. The molecule has 108 valence electrons. The number of hydrogen-bond acceptors (Lipinski definition) is 3. The maximum absolute atomic E-state index is 11.6. The molecule has 5 heteroatoms. The lowest BCUT2D eigenvalue weighted by Crippen LogP contribution is -2.10. The van der Waals surface area contributed by atoms with E-state index >= 15 is 0 Å². The summed E-state index contributed by atoms with van der Waals surface area (Å²) < 4.78 is 13.5. The zero-order valence-corrected chi connectivity index (χ0v) is 13.1. The number of aryl methyl sites for hydroxylation is 1. The van der Waals surface area contributed by atoms with Gasteiger partial charge >= 0.3 is 0 Å². The van der Waals surface area contributed by atoms with Gasteiger partial charge in [0.15, 0.2) is 0 Å². The molecule has 0 aliphatic rings. The standard InChI is InChI=1S/C15H21N3OS/c1-4-12(10-18-11-16-15(5-2)17-18)13-7-6-8-14(9-13)20(3)19/h6-9,11-12H,4-5,10H2,1-3H3. The summed E-state index contributed by atoms with van der Waals surface area (Å²) in [5.41, 5.74) is 1.22. The van der Waals surface area contributed by atoms with Gasteiger partial charge in [-0.05, 0) is 24.1 Å². The van der Waals surface area contributed by atoms with Crippen LogP contribution in [0.25, 0.3) is 0 Å². The smallest absolute Gasteiger partial charge is 0.150 e. The number of rotatable bonds is 6. The van der Waals surface area contributed by atoms with Crippen molar-refractivity contribution in [3.63, 3.8) is 0 Å². The van der Waals surface area contributed by atoms with Crippen LogP contribution in [0.3, 0.4) is 0 Å². The Labute approximate surface area is 122 Å². The van der Waals surface area contributed by atoms with Gasteiger partial charge in [0.05, 0.1) is 0 Å². The lowest BCUT2D eigenvalue weighted by Gasteiger charge is -2.15. The van der Waals surface area contributed by atoms with E-state index in [4.69, 9.17) is 0 Å². The first kappa shape index (κ1) is 14.9. The van der Waals surface area contributed by atoms with Gasteiger partial charge in [0.1, 0.15) is 12.2 Å². The molecule has 1 heterocycles. The maximum Gasteiger partial charge on any atom is 0.150 e. The summed E-state index contributed by atoms with van der Waals surface area (Å²) in [4.78, 5) is 5.15. The molecule has 2 unspecified atom stereocenters. The van der Waals surface area contributed by atoms with Crippen molar-refractivity contribution in [1.29, 1.82) is 0 Å². The molecular formula is C15H21N3OS. The third-order valence-electron chi connectivity index (χ3n) is 3.46. The molecule has 0 amide bonds. The van der Waals surface area contributed by atoms with E-state index in [1.807, 2.05) is 22.9 Å². The molecule has 2 aromatic rings. The molecule has 0 saturated carbocycles. The van der Waals surface area contributed by atoms with E-state index in [2.05, 4.69) is 30.0 Å². The van der Waals surface area contributed by atoms with Crippen LogP contribution in [-0.4, -0.2) is 25.2 Å². The van der Waals surface area contributed by atoms with E-state index < -0.39 is 10.8 Å². The first-order chi connectivity index (χ1) is 9.63. The molecular weight excluding hydrogens is 270 g/mol. The summed E-state index contributed by atoms with van der Waals surface area (Å²) in [6.07, 6.45) is 5.38. The van der Waals surface area contributed by atoms with E-state index in [0.717, 1.165) is 30.1 Å². The number of nitrogens with zero attached hydrogens (tertiary/aromatic N) is 3. The van der Waals surface area contributed by atoms with Gasteiger partial charge in [-0.25, -0.2) is 4.98 Å². The summed E-state index contributed by atoms with van der Waals surface area (Å²) >= 11 is 0. The Balaban J connectivity index is 2.19. The number of benzene rings is 1. The molecule has 1 aromatic heterocycles. The summed E-state index contributed by atoms with van der Waals surface area (Å²) in [5.74, 6) is 1.24. The molecule has 0 saturated heterocycles. The van der Waals surface area contributed by atoms with Gasteiger partial charge < -0.3 is 0 Å². The Morgan fingerprint density at radius 1 is 1.35 bits per heavy atom. The fourth-order valence-electron chi connectivity index (χ4n) is 2.23. The molecule has 0 N–H and O–H groups in total. The molecule has 20 heavy (non-hydrogen) atoms. The zero-order chi connectivity index (χ0) is 14.5. The average Bonchev–Trinajstić information content (AvgIpc) is 2.92. The Hall–Kier alpha value is -1.49. The Kier molecular flexibility index (Phi) is 5.06. The van der Waals surface area contributed by atoms with Crippen molar-refractivity contribution < 1.29 is 4.21 Å². The molecule has 1 aromatic carbocycles. The highest BCUT2D eigenvalue weighted by Gasteiger charge is 2.12. The second-order valence-corrected chi connectivity index (χ2v) is 6.25. The van der Waals surface area contributed by atoms with E-state index in [1.165, 1.54) is 5.56 Å². The summed E-state index contributed by atoms with van der Waals surface area (Å²) in [5, 5.41) is 4.45. The summed E-state index contributed by atoms with van der Waals surface area (Å²) in [6.45, 7) is 5.03. The molecule has 2 rings (SSSR count). The van der Waals surface area contributed by atoms with Crippen LogP contribution in [0.5, 0.6) is 0 Å². The van der Waals surface area contributed by atoms with Crippen LogP contribution < -0.4 is 0 Å². The normalized spacial score (nSPS) is 14.2. The van der Waals surface area contributed by atoms with Crippen LogP contribution >= 0.6 is 0 Å². The van der Waals surface area contributed by atoms with Gasteiger partial charge in [-0.1, -0.05) is 26.0 Å². The number of hydrogen-bond donors (Lipinski definition) is 0. The van der Waals surface area contributed by atoms with Crippen LogP contribution in [-0.2, 0) is 23.8 Å². The number of aromatic nitrogens is 3. The van der Waals surface area contributed by atoms with Gasteiger partial charge in [-0.2, -0.15) is 5.10 Å². The molecule has 0 aliphatic heterocycles. The lowest BCUT2D eigenvalue weighted by molar-refractivity contribution is 0.500. The Bertz CT molecular complexity index is 594. The van der Waals surface area contributed by atoms with E-state index in [1.54, 1.807) is 12.6 Å². The quantitative estimate of drug-likeness (QED) is 0.822. The Morgan fingerprint density at radius 2 is 2.15 bits per heavy atom. The molecule has 0 radical (unpaired) electrons. The molecule has 2 atom stereocenters. The van der Waals surface area contributed by atoms with Crippen LogP contribution in [0.2, 0.25) is 0 Å². The highest BCUT2D eigenvalue weighted by Crippen LogP contribution is 2.23. The first-order valence-corrected chi connectivity index (χ1v) is 8.51. The predicted molar refractivity (Wildman–Crippen MR) is 81.2 cm³/mol. The highest BCUT2D eigenvalue weighted by molar-refractivity contribution is 7.84. The largest absolute Gasteiger partial charge is 0.255 e. The van der Waals surface area contributed by atoms with Gasteiger partial charge in [0, 0.05) is 40.8 Å². The van der Waals surface area contributed by atoms with Gasteiger partial charge in [-0.15, -0.1) is 0 Å². The van der Waals surface area contributed by atoms with Gasteiger partial charge in [0.2, 0.25) is 0 Å². The van der Waals surface area contributed by atoms with Gasteiger partial charge in [-0.3, -0.25) is 8.89 Å². The van der Waals surface area contributed by atoms with Crippen LogP contribution in [0.4, 0.5) is 0 Å². The second kappa shape index (κ2) is 6.79. The minimum absolute atomic E-state index is 0.366. The van der Waals surface area contributed by atoms with Crippen LogP contribution in [0.1, 0.15) is 37.6 Å². The predicted octanol–water partition coefficient (Wildman–Crippen LogP) is 2.77. The Morgan fingerprint density at radius 3 is 2.75 bits per heavy atom. The lowest BCUT2D eigenvalue weighted by atomic mass is 9.97. The minimum Gasteiger partial charge on any atom is -0.255 e. The monoisotopic (exact) mass is 291 g/mol. The molecule has 0 spiro atoms. The maximum atomic E-state index is 11.6. The average molecular weight is 291 g/mol. The highest BCUT2D eigenvalue weighted by atomic mass is 32.2. The fourth-order valence-corrected chi connectivity index (χ4v) is 2.80. The van der Waals surface area contributed by atoms with Crippen LogP contribution in [0.15, 0.2) is 35.5 Å². The molecule has 0 bridgehead atoms. The van der Waals surface area contributed by atoms with E-state index in [9.17, 15) is 4.21 Å². The van der Waals surface area contributed by atoms with Crippen molar-refractivity contribution in [3.05, 3.63) is 42.0 Å². The van der Waals surface area contributed by atoms with E-state index in [-0.39, 0.29) is 0 Å². The topological polar surface area (TPSA) is 47.8 Å². The van der Waals surface area contributed by atoms with Crippen LogP contribution in [0, 0.1) is 0 Å². The van der Waals surface area contributed by atoms with Crippen molar-refractivity contribution in [3.8, 4) is 0 Å².